The van der Waals surface area contributed by atoms with E-state index in [1.807, 2.05) is 0 Å². The standard InChI is InChI=1S/C2H6O3S2.Rb/c3-7(4,5)2-1-6;/h6H,1-2H2,(H,3,4,5);/q;+1/p-1. The Morgan fingerprint density at radius 3 is 1.88 bits per heavy atom. The molecule has 6 heteroatoms. The molecule has 44 valence electrons. The van der Waals surface area contributed by atoms with Crippen LogP contribution in [-0.2, 0) is 10.1 Å². The maximum Gasteiger partial charge on any atom is 1.00 e. The second kappa shape index (κ2) is 5.82. The van der Waals surface area contributed by atoms with E-state index in [1.54, 1.807) is 0 Å². The Balaban J connectivity index is 0. The molecule has 0 aliphatic heterocycles. The van der Waals surface area contributed by atoms with Crippen molar-refractivity contribution >= 4 is 22.7 Å². The van der Waals surface area contributed by atoms with Crippen molar-refractivity contribution in [1.82, 2.24) is 0 Å². The van der Waals surface area contributed by atoms with Crippen LogP contribution in [0.5, 0.6) is 0 Å². The van der Waals surface area contributed by atoms with Crippen molar-refractivity contribution < 1.29 is 71.2 Å². The van der Waals surface area contributed by atoms with E-state index in [0.717, 1.165) is 0 Å². The van der Waals surface area contributed by atoms with E-state index < -0.39 is 10.1 Å². The Hall–Kier alpha value is 2.07. The quantitative estimate of drug-likeness (QED) is 0.392. The van der Waals surface area contributed by atoms with Crippen LogP contribution in [-0.4, -0.2) is 24.5 Å². The molecule has 0 aliphatic carbocycles. The summed E-state index contributed by atoms with van der Waals surface area (Å²) < 4.78 is 28.9. The van der Waals surface area contributed by atoms with Gasteiger partial charge in [0, 0.05) is 11.5 Å². The third kappa shape index (κ3) is 10.9. The minimum atomic E-state index is -4.00. The summed E-state index contributed by atoms with van der Waals surface area (Å²) in [5, 5.41) is 0. The van der Waals surface area contributed by atoms with Crippen LogP contribution in [0.3, 0.4) is 0 Å². The second-order valence-electron chi connectivity index (χ2n) is 0.985. The van der Waals surface area contributed by atoms with Crippen LogP contribution in [0.15, 0.2) is 0 Å². The average Bonchev–Trinajstić information content (AvgIpc) is 1.30. The Bertz CT molecular complexity index is 128. The number of hydrogen-bond donors (Lipinski definition) is 1. The molecule has 3 nitrogen and oxygen atoms in total. The zero-order valence-corrected chi connectivity index (χ0v) is 11.1. The monoisotopic (exact) mass is 226 g/mol. The van der Waals surface area contributed by atoms with Crippen molar-refractivity contribution in [2.45, 2.75) is 0 Å². The predicted octanol–water partition coefficient (Wildman–Crippen LogP) is -3.53. The first-order valence-corrected chi connectivity index (χ1v) is 3.81. The van der Waals surface area contributed by atoms with Gasteiger partial charge in [0.15, 0.2) is 0 Å². The molecule has 0 amide bonds. The molecule has 0 fully saturated rings. The Kier molecular flexibility index (Phi) is 9.25. The molecule has 0 spiro atoms. The van der Waals surface area contributed by atoms with Crippen LogP contribution in [0.25, 0.3) is 0 Å². The molecule has 0 N–H and O–H groups in total. The third-order valence-electron chi connectivity index (χ3n) is 0.341. The molecule has 0 aromatic carbocycles. The van der Waals surface area contributed by atoms with E-state index in [1.165, 1.54) is 0 Å². The van der Waals surface area contributed by atoms with Crippen molar-refractivity contribution in [1.29, 1.82) is 0 Å². The Labute approximate surface area is 103 Å². The summed E-state index contributed by atoms with van der Waals surface area (Å²) in [5.41, 5.74) is 0. The van der Waals surface area contributed by atoms with Crippen molar-refractivity contribution in [2.24, 2.45) is 0 Å². The molecule has 0 rings (SSSR count). The first-order valence-electron chi connectivity index (χ1n) is 1.60. The summed E-state index contributed by atoms with van der Waals surface area (Å²) in [4.78, 5) is 0. The number of thiol groups is 1. The van der Waals surface area contributed by atoms with Crippen LogP contribution in [0.4, 0.5) is 0 Å². The largest absolute Gasteiger partial charge is 1.00 e. The molecule has 0 unspecified atom stereocenters. The zero-order chi connectivity index (χ0) is 5.91. The fourth-order valence-corrected chi connectivity index (χ4v) is 1.01. The van der Waals surface area contributed by atoms with E-state index in [4.69, 9.17) is 0 Å². The summed E-state index contributed by atoms with van der Waals surface area (Å²) in [6.45, 7) is 0. The molecule has 0 heterocycles. The molecule has 0 radical (unpaired) electrons. The van der Waals surface area contributed by atoms with Gasteiger partial charge in [-0.1, -0.05) is 0 Å². The topological polar surface area (TPSA) is 57.2 Å². The molecule has 0 aromatic heterocycles. The van der Waals surface area contributed by atoms with Gasteiger partial charge in [0.2, 0.25) is 0 Å². The van der Waals surface area contributed by atoms with Crippen LogP contribution >= 0.6 is 12.6 Å². The van der Waals surface area contributed by atoms with Gasteiger partial charge >= 0.3 is 58.2 Å². The molecule has 0 saturated carbocycles. The average molecular weight is 227 g/mol. The smallest absolute Gasteiger partial charge is 0.748 e. The van der Waals surface area contributed by atoms with E-state index in [2.05, 4.69) is 12.6 Å². The first-order chi connectivity index (χ1) is 3.06. The fraction of sp³-hybridized carbons (Fsp3) is 1.00. The minimum Gasteiger partial charge on any atom is -0.748 e. The van der Waals surface area contributed by atoms with Gasteiger partial charge < -0.3 is 4.55 Å². The molecule has 8 heavy (non-hydrogen) atoms. The molecule has 0 bridgehead atoms. The molecule has 0 atom stereocenters. The van der Waals surface area contributed by atoms with Gasteiger partial charge in [-0.15, -0.1) is 0 Å². The summed E-state index contributed by atoms with van der Waals surface area (Å²) in [7, 11) is -4.00. The fourth-order valence-electron chi connectivity index (χ4n) is 0.112. The molecular weight excluding hydrogens is 222 g/mol. The van der Waals surface area contributed by atoms with E-state index in [0.29, 0.717) is 0 Å². The minimum absolute atomic E-state index is 0. The van der Waals surface area contributed by atoms with Gasteiger partial charge in [-0.05, 0) is 0 Å². The predicted molar refractivity (Wildman–Crippen MR) is 28.4 cm³/mol. The summed E-state index contributed by atoms with van der Waals surface area (Å²) in [6.07, 6.45) is 0. The van der Waals surface area contributed by atoms with Crippen LogP contribution in [0, 0.1) is 0 Å². The van der Waals surface area contributed by atoms with Gasteiger partial charge in [-0.3, -0.25) is 0 Å². The van der Waals surface area contributed by atoms with E-state index >= 15 is 0 Å². The summed E-state index contributed by atoms with van der Waals surface area (Å²) >= 11 is 3.53. The summed E-state index contributed by atoms with van der Waals surface area (Å²) in [5.74, 6) is -0.276. The Morgan fingerprint density at radius 2 is 1.88 bits per heavy atom. The number of hydrogen-bond acceptors (Lipinski definition) is 4. The van der Waals surface area contributed by atoms with Crippen molar-refractivity contribution in [2.75, 3.05) is 11.5 Å². The van der Waals surface area contributed by atoms with Crippen molar-refractivity contribution in [3.8, 4) is 0 Å². The molecule has 0 aromatic rings. The third-order valence-corrected chi connectivity index (χ3v) is 1.57. The molecular formula is C2H5O3RbS2. The first kappa shape index (κ1) is 12.7. The molecule has 0 saturated heterocycles. The van der Waals surface area contributed by atoms with Crippen LogP contribution in [0.1, 0.15) is 0 Å². The maximum atomic E-state index is 9.63. The normalized spacial score (nSPS) is 10.2. The van der Waals surface area contributed by atoms with Gasteiger partial charge in [0.1, 0.15) is 0 Å². The van der Waals surface area contributed by atoms with Gasteiger partial charge in [0.25, 0.3) is 0 Å². The van der Waals surface area contributed by atoms with Gasteiger partial charge in [-0.25, -0.2) is 8.42 Å². The SMILES string of the molecule is O=S(=O)([O-])CCS.[Rb+]. The number of rotatable bonds is 2. The Morgan fingerprint density at radius 1 is 1.50 bits per heavy atom. The van der Waals surface area contributed by atoms with Crippen molar-refractivity contribution in [3.05, 3.63) is 0 Å². The molecule has 0 aliphatic rings. The van der Waals surface area contributed by atoms with E-state index in [-0.39, 0.29) is 69.7 Å². The maximum absolute atomic E-state index is 9.63. The zero-order valence-electron chi connectivity index (χ0n) is 4.49. The van der Waals surface area contributed by atoms with E-state index in [9.17, 15) is 13.0 Å². The van der Waals surface area contributed by atoms with Crippen LogP contribution < -0.4 is 58.2 Å². The van der Waals surface area contributed by atoms with Crippen LogP contribution in [0.2, 0.25) is 0 Å². The van der Waals surface area contributed by atoms with Gasteiger partial charge in [0.05, 0.1) is 10.1 Å². The summed E-state index contributed by atoms with van der Waals surface area (Å²) in [6, 6.07) is 0. The van der Waals surface area contributed by atoms with Crippen molar-refractivity contribution in [3.63, 3.8) is 0 Å². The van der Waals surface area contributed by atoms with Gasteiger partial charge in [-0.2, -0.15) is 12.6 Å². The second-order valence-corrected chi connectivity index (χ2v) is 2.96.